The zero-order chi connectivity index (χ0) is 16.2. The quantitative estimate of drug-likeness (QED) is 0.335. The monoisotopic (exact) mass is 319 g/mol. The fourth-order valence-corrected chi connectivity index (χ4v) is 2.18. The Hall–Kier alpha value is -2.05. The Morgan fingerprint density at radius 2 is 2.00 bits per heavy atom. The Balaban J connectivity index is 2.97. The highest BCUT2D eigenvalue weighted by molar-refractivity contribution is 7.89. The van der Waals surface area contributed by atoms with E-state index in [2.05, 4.69) is 20.7 Å². The van der Waals surface area contributed by atoms with Crippen LogP contribution in [0.1, 0.15) is 5.69 Å². The molecule has 0 spiro atoms. The Morgan fingerprint density at radius 3 is 2.48 bits per heavy atom. The molecule has 0 bridgehead atoms. The summed E-state index contributed by atoms with van der Waals surface area (Å²) in [6, 6.07) is 0. The molecule has 12 heteroatoms. The van der Waals surface area contributed by atoms with Crippen molar-refractivity contribution in [2.45, 2.75) is 6.92 Å². The van der Waals surface area contributed by atoms with Gasteiger partial charge in [-0.25, -0.2) is 23.5 Å². The van der Waals surface area contributed by atoms with Crippen LogP contribution in [0.5, 0.6) is 0 Å². The maximum atomic E-state index is 11.6. The molecule has 1 rings (SSSR count). The molecule has 118 valence electrons. The van der Waals surface area contributed by atoms with Crippen molar-refractivity contribution in [3.63, 3.8) is 0 Å². The Bertz CT molecular complexity index is 631. The van der Waals surface area contributed by atoms with Crippen LogP contribution < -0.4 is 16.6 Å². The van der Waals surface area contributed by atoms with Crippen molar-refractivity contribution >= 4 is 27.5 Å². The molecule has 0 saturated carbocycles. The summed E-state index contributed by atoms with van der Waals surface area (Å²) in [7, 11) is -0.598. The molecule has 0 aliphatic heterocycles. The number of anilines is 2. The van der Waals surface area contributed by atoms with Gasteiger partial charge in [0.15, 0.2) is 0 Å². The van der Waals surface area contributed by atoms with Gasteiger partial charge in [0.2, 0.25) is 21.8 Å². The Labute approximate surface area is 121 Å². The summed E-state index contributed by atoms with van der Waals surface area (Å²) in [6.07, 6.45) is 0. The highest BCUT2D eigenvalue weighted by Gasteiger charge is 2.22. The van der Waals surface area contributed by atoms with Crippen molar-refractivity contribution < 1.29 is 13.3 Å². The molecule has 0 saturated heterocycles. The number of sulfonamides is 1. The molecule has 0 amide bonds. The molecule has 0 aliphatic rings. The Morgan fingerprint density at radius 1 is 1.38 bits per heavy atom. The van der Waals surface area contributed by atoms with E-state index >= 15 is 0 Å². The van der Waals surface area contributed by atoms with E-state index in [1.54, 1.807) is 0 Å². The predicted octanol–water partition coefficient (Wildman–Crippen LogP) is -0.718. The van der Waals surface area contributed by atoms with Crippen molar-refractivity contribution in [3.05, 3.63) is 15.8 Å². The molecule has 1 aromatic rings. The maximum absolute atomic E-state index is 11.6. The van der Waals surface area contributed by atoms with Crippen LogP contribution in [0.2, 0.25) is 0 Å². The van der Waals surface area contributed by atoms with Gasteiger partial charge < -0.3 is 5.32 Å². The number of aryl methyl sites for hydroxylation is 1. The van der Waals surface area contributed by atoms with Crippen LogP contribution >= 0.6 is 0 Å². The fraction of sp³-hybridized carbons (Fsp3) is 0.556. The first-order valence-corrected chi connectivity index (χ1v) is 7.43. The number of rotatable bonds is 7. The number of nitrogens with zero attached hydrogens (tertiary/aromatic N) is 4. The molecule has 0 unspecified atom stereocenters. The summed E-state index contributed by atoms with van der Waals surface area (Å²) < 4.78 is 24.3. The number of nitrogen functional groups attached to an aromatic ring is 1. The zero-order valence-corrected chi connectivity index (χ0v) is 12.6. The molecule has 4 N–H and O–H groups in total. The molecule has 0 atom stereocenters. The van der Waals surface area contributed by atoms with E-state index in [-0.39, 0.29) is 35.4 Å². The van der Waals surface area contributed by atoms with E-state index in [0.29, 0.717) is 0 Å². The molecule has 0 radical (unpaired) electrons. The smallest absolute Gasteiger partial charge is 0.332 e. The van der Waals surface area contributed by atoms with Crippen LogP contribution in [-0.2, 0) is 10.0 Å². The molecule has 11 nitrogen and oxygen atoms in total. The molecule has 1 heterocycles. The fourth-order valence-electron chi connectivity index (χ4n) is 1.45. The van der Waals surface area contributed by atoms with Crippen molar-refractivity contribution in [2.24, 2.45) is 5.84 Å². The average Bonchev–Trinajstić information content (AvgIpc) is 2.37. The van der Waals surface area contributed by atoms with E-state index in [1.807, 2.05) is 0 Å². The van der Waals surface area contributed by atoms with Gasteiger partial charge in [0.25, 0.3) is 0 Å². The Kier molecular flexibility index (Phi) is 5.34. The minimum Gasteiger partial charge on any atom is -0.363 e. The van der Waals surface area contributed by atoms with Crippen LogP contribution in [0, 0.1) is 17.0 Å². The molecule has 0 aliphatic carbocycles. The van der Waals surface area contributed by atoms with E-state index in [1.165, 1.54) is 21.0 Å². The van der Waals surface area contributed by atoms with Crippen LogP contribution in [0.4, 0.5) is 17.5 Å². The lowest BCUT2D eigenvalue weighted by Crippen LogP contribution is -2.28. The largest absolute Gasteiger partial charge is 0.363 e. The van der Waals surface area contributed by atoms with Crippen LogP contribution in [0.3, 0.4) is 0 Å². The summed E-state index contributed by atoms with van der Waals surface area (Å²) >= 11 is 0. The van der Waals surface area contributed by atoms with Gasteiger partial charge in [-0.05, 0) is 6.92 Å². The molecule has 0 fully saturated rings. The predicted molar refractivity (Wildman–Crippen MR) is 77.2 cm³/mol. The zero-order valence-electron chi connectivity index (χ0n) is 11.8. The van der Waals surface area contributed by atoms with E-state index in [9.17, 15) is 18.5 Å². The number of hydrazine groups is 1. The van der Waals surface area contributed by atoms with Gasteiger partial charge in [-0.1, -0.05) is 0 Å². The third-order valence-electron chi connectivity index (χ3n) is 2.58. The van der Waals surface area contributed by atoms with Crippen LogP contribution in [0.25, 0.3) is 0 Å². The topological polar surface area (TPSA) is 156 Å². The minimum absolute atomic E-state index is 0.00364. The summed E-state index contributed by atoms with van der Waals surface area (Å²) in [4.78, 5) is 18.0. The van der Waals surface area contributed by atoms with Crippen molar-refractivity contribution in [1.82, 2.24) is 14.3 Å². The number of hydrogen-bond donors (Lipinski definition) is 3. The lowest BCUT2D eigenvalue weighted by Gasteiger charge is -2.12. The van der Waals surface area contributed by atoms with Gasteiger partial charge in [-0.2, -0.15) is 4.98 Å². The van der Waals surface area contributed by atoms with E-state index in [4.69, 9.17) is 5.84 Å². The summed E-state index contributed by atoms with van der Waals surface area (Å²) in [5.74, 6) is 4.85. The molecular formula is C9H17N7O4S. The highest BCUT2D eigenvalue weighted by atomic mass is 32.2. The SMILES string of the molecule is Cc1nc(NN)nc(NCCS(=O)(=O)N(C)C)c1[N+](=O)[O-]. The lowest BCUT2D eigenvalue weighted by molar-refractivity contribution is -0.385. The minimum atomic E-state index is -3.41. The van der Waals surface area contributed by atoms with Crippen LogP contribution in [0.15, 0.2) is 0 Å². The third kappa shape index (κ3) is 4.21. The number of aromatic nitrogens is 2. The van der Waals surface area contributed by atoms with E-state index < -0.39 is 14.9 Å². The number of nitrogens with one attached hydrogen (secondary N) is 2. The number of nitro groups is 1. The van der Waals surface area contributed by atoms with Crippen LogP contribution in [-0.4, -0.2) is 54.0 Å². The standard InChI is InChI=1S/C9H17N7O4S/c1-6-7(16(17)18)8(13-9(12-6)14-10)11-4-5-21(19,20)15(2)3/h4-5,10H2,1-3H3,(H2,11,12,13,14). The van der Waals surface area contributed by atoms with Crippen molar-refractivity contribution in [3.8, 4) is 0 Å². The third-order valence-corrected chi connectivity index (χ3v) is 4.41. The second kappa shape index (κ2) is 6.60. The normalized spacial score (nSPS) is 11.5. The van der Waals surface area contributed by atoms with Gasteiger partial charge in [-0.15, -0.1) is 0 Å². The first-order valence-electron chi connectivity index (χ1n) is 5.82. The molecular weight excluding hydrogens is 302 g/mol. The second-order valence-corrected chi connectivity index (χ2v) is 6.56. The van der Waals surface area contributed by atoms with Gasteiger partial charge in [0.1, 0.15) is 5.69 Å². The summed E-state index contributed by atoms with van der Waals surface area (Å²) in [5, 5.41) is 13.6. The number of nitrogens with two attached hydrogens (primary N) is 1. The molecule has 0 aromatic carbocycles. The van der Waals surface area contributed by atoms with Gasteiger partial charge >= 0.3 is 5.69 Å². The molecule has 21 heavy (non-hydrogen) atoms. The van der Waals surface area contributed by atoms with Crippen molar-refractivity contribution in [1.29, 1.82) is 0 Å². The first kappa shape index (κ1) is 17.0. The maximum Gasteiger partial charge on any atom is 0.332 e. The average molecular weight is 319 g/mol. The van der Waals surface area contributed by atoms with Crippen molar-refractivity contribution in [2.75, 3.05) is 37.1 Å². The summed E-state index contributed by atoms with van der Waals surface area (Å²) in [5.41, 5.74) is 1.98. The first-order chi connectivity index (χ1) is 9.69. The van der Waals surface area contributed by atoms with Gasteiger partial charge in [0.05, 0.1) is 10.7 Å². The second-order valence-electron chi connectivity index (χ2n) is 4.26. The van der Waals surface area contributed by atoms with Gasteiger partial charge in [0, 0.05) is 20.6 Å². The van der Waals surface area contributed by atoms with E-state index in [0.717, 1.165) is 4.31 Å². The summed E-state index contributed by atoms with van der Waals surface area (Å²) in [6.45, 7) is 1.39. The highest BCUT2D eigenvalue weighted by Crippen LogP contribution is 2.26. The number of hydrogen-bond acceptors (Lipinski definition) is 9. The van der Waals surface area contributed by atoms with Gasteiger partial charge in [-0.3, -0.25) is 15.5 Å². The lowest BCUT2D eigenvalue weighted by atomic mass is 10.3. The molecule has 1 aromatic heterocycles.